The number of anilines is 1. The quantitative estimate of drug-likeness (QED) is 0.188. The van der Waals surface area contributed by atoms with Gasteiger partial charge in [-0.25, -0.2) is 24.5 Å². The van der Waals surface area contributed by atoms with Crippen LogP contribution in [-0.4, -0.2) is 75.9 Å². The normalized spacial score (nSPS) is 16.3. The molecule has 1 saturated heterocycles. The molecule has 1 fully saturated rings. The molecule has 0 N–H and O–H groups in total. The highest BCUT2D eigenvalue weighted by Gasteiger charge is 2.34. The van der Waals surface area contributed by atoms with Crippen molar-refractivity contribution in [2.24, 2.45) is 0 Å². The van der Waals surface area contributed by atoms with Gasteiger partial charge in [-0.05, 0) is 90.8 Å². The molecule has 2 aromatic carbocycles. The molecule has 5 rings (SSSR count). The van der Waals surface area contributed by atoms with Gasteiger partial charge in [0.05, 0.1) is 22.9 Å². The number of rotatable bonds is 6. The van der Waals surface area contributed by atoms with Crippen molar-refractivity contribution < 1.29 is 23.8 Å². The highest BCUT2D eigenvalue weighted by atomic mass is 35.5. The fraction of sp³-hybridized carbons (Fsp3) is 0.457. The summed E-state index contributed by atoms with van der Waals surface area (Å²) in [5, 5.41) is 1.32. The third kappa shape index (κ3) is 7.85. The number of hydrogen-bond donors (Lipinski definition) is 0. The van der Waals surface area contributed by atoms with Gasteiger partial charge in [-0.1, -0.05) is 23.7 Å². The van der Waals surface area contributed by atoms with E-state index in [0.29, 0.717) is 41.3 Å². The Hall–Kier alpha value is -3.80. The Balaban J connectivity index is 1.55. The molecule has 12 heteroatoms. The minimum Gasteiger partial charge on any atom is -0.467 e. The monoisotopic (exact) mass is 679 g/mol. The van der Waals surface area contributed by atoms with Crippen molar-refractivity contribution in [2.75, 3.05) is 31.6 Å². The highest BCUT2D eigenvalue weighted by molar-refractivity contribution is 7.22. The van der Waals surface area contributed by atoms with Crippen molar-refractivity contribution in [3.8, 4) is 21.8 Å². The zero-order valence-corrected chi connectivity index (χ0v) is 30.0. The molecule has 2 atom stereocenters. The predicted octanol–water partition coefficient (Wildman–Crippen LogP) is 7.86. The van der Waals surface area contributed by atoms with Crippen molar-refractivity contribution in [1.29, 1.82) is 0 Å². The topological polar surface area (TPSA) is 107 Å². The number of amides is 1. The molecule has 10 nitrogen and oxygen atoms in total. The van der Waals surface area contributed by atoms with Gasteiger partial charge in [-0.15, -0.1) is 11.3 Å². The molecule has 0 radical (unpaired) electrons. The molecular weight excluding hydrogens is 638 g/mol. The number of carbonyl (C=O) groups is 2. The average Bonchev–Trinajstić information content (AvgIpc) is 3.42. The zero-order valence-electron chi connectivity index (χ0n) is 28.4. The Morgan fingerprint density at radius 2 is 1.72 bits per heavy atom. The van der Waals surface area contributed by atoms with E-state index >= 15 is 0 Å². The molecule has 250 valence electrons. The van der Waals surface area contributed by atoms with Gasteiger partial charge in [0, 0.05) is 48.0 Å². The Morgan fingerprint density at radius 3 is 2.34 bits per heavy atom. The number of thiazole rings is 1. The second kappa shape index (κ2) is 13.4. The van der Waals surface area contributed by atoms with E-state index in [2.05, 4.69) is 9.88 Å². The number of hydrogen-bond acceptors (Lipinski definition) is 10. The summed E-state index contributed by atoms with van der Waals surface area (Å²) >= 11 is 7.77. The third-order valence-corrected chi connectivity index (χ3v) is 8.97. The number of esters is 1. The molecule has 4 aromatic rings. The van der Waals surface area contributed by atoms with Crippen LogP contribution in [0.2, 0.25) is 5.02 Å². The summed E-state index contributed by atoms with van der Waals surface area (Å²) in [6.45, 7) is 16.9. The number of nitrogens with zero attached hydrogens (tertiary/aromatic N) is 5. The van der Waals surface area contributed by atoms with Gasteiger partial charge < -0.3 is 24.0 Å². The van der Waals surface area contributed by atoms with Crippen LogP contribution in [0.5, 0.6) is 0 Å². The van der Waals surface area contributed by atoms with Crippen molar-refractivity contribution in [1.82, 2.24) is 19.9 Å². The molecule has 1 amide bonds. The standard InChI is InChI=1S/C35H42ClN5O5S/c1-20-18-25-29(27(22-10-12-23(36)13-11-22)26(20)28(31(42)44-9)45-34(3,4)5)47-30(38-25)24-14-15-37-32(39-24)40-16-17-41(21(2)19-40)33(43)46-35(6,7)8/h10-15,18,21,28H,16-17,19H2,1-9H3/t21-,28-/m0/s1. The van der Waals surface area contributed by atoms with E-state index in [1.165, 1.54) is 18.4 Å². The Kier molecular flexibility index (Phi) is 9.82. The van der Waals surface area contributed by atoms with E-state index in [1.54, 1.807) is 11.1 Å². The fourth-order valence-corrected chi connectivity index (χ4v) is 6.82. The van der Waals surface area contributed by atoms with E-state index in [1.807, 2.05) is 91.8 Å². The lowest BCUT2D eigenvalue weighted by Crippen LogP contribution is -2.55. The van der Waals surface area contributed by atoms with Crippen LogP contribution in [0.3, 0.4) is 0 Å². The summed E-state index contributed by atoms with van der Waals surface area (Å²) in [4.78, 5) is 44.3. The summed E-state index contributed by atoms with van der Waals surface area (Å²) in [5.74, 6) is 0.0836. The molecule has 0 unspecified atom stereocenters. The summed E-state index contributed by atoms with van der Waals surface area (Å²) in [5.41, 5.74) is 3.54. The maximum absolute atomic E-state index is 13.2. The molecule has 1 aliphatic heterocycles. The van der Waals surface area contributed by atoms with Gasteiger partial charge >= 0.3 is 12.1 Å². The smallest absolute Gasteiger partial charge is 0.410 e. The molecule has 0 bridgehead atoms. The minimum absolute atomic E-state index is 0.0882. The van der Waals surface area contributed by atoms with Crippen LogP contribution in [0.4, 0.5) is 10.7 Å². The van der Waals surface area contributed by atoms with Crippen LogP contribution in [0.25, 0.3) is 32.0 Å². The van der Waals surface area contributed by atoms with Gasteiger partial charge in [0.25, 0.3) is 0 Å². The lowest BCUT2D eigenvalue weighted by atomic mass is 9.91. The van der Waals surface area contributed by atoms with Crippen molar-refractivity contribution in [3.05, 3.63) is 58.7 Å². The maximum Gasteiger partial charge on any atom is 0.410 e. The highest BCUT2D eigenvalue weighted by Crippen LogP contribution is 2.44. The van der Waals surface area contributed by atoms with Crippen LogP contribution >= 0.6 is 22.9 Å². The molecule has 2 aromatic heterocycles. The van der Waals surface area contributed by atoms with Gasteiger partial charge in [-0.3, -0.25) is 0 Å². The van der Waals surface area contributed by atoms with Crippen molar-refractivity contribution >= 4 is 51.2 Å². The Bertz CT molecular complexity index is 1780. The fourth-order valence-electron chi connectivity index (χ4n) is 5.60. The number of benzene rings is 2. The average molecular weight is 680 g/mol. The lowest BCUT2D eigenvalue weighted by Gasteiger charge is -2.40. The first kappa shape index (κ1) is 34.5. The number of carbonyl (C=O) groups excluding carboxylic acids is 2. The van der Waals surface area contributed by atoms with E-state index in [4.69, 9.17) is 35.8 Å². The number of methoxy groups -OCH3 is 1. The maximum atomic E-state index is 13.2. The second-order valence-corrected chi connectivity index (χ2v) is 15.1. The van der Waals surface area contributed by atoms with E-state index in [-0.39, 0.29) is 12.1 Å². The van der Waals surface area contributed by atoms with E-state index in [9.17, 15) is 9.59 Å². The number of aryl methyl sites for hydroxylation is 1. The van der Waals surface area contributed by atoms with E-state index < -0.39 is 23.3 Å². The van der Waals surface area contributed by atoms with E-state index in [0.717, 1.165) is 32.5 Å². The van der Waals surface area contributed by atoms with Crippen LogP contribution in [-0.2, 0) is 19.0 Å². The van der Waals surface area contributed by atoms with Gasteiger partial charge in [0.15, 0.2) is 6.10 Å². The molecule has 1 aliphatic rings. The number of aromatic nitrogens is 3. The van der Waals surface area contributed by atoms with Crippen LogP contribution in [0.15, 0.2) is 42.6 Å². The third-order valence-electron chi connectivity index (χ3n) is 7.61. The van der Waals surface area contributed by atoms with Crippen LogP contribution in [0.1, 0.15) is 65.7 Å². The largest absolute Gasteiger partial charge is 0.467 e. The Labute approximate surface area is 285 Å². The predicted molar refractivity (Wildman–Crippen MR) is 186 cm³/mol. The summed E-state index contributed by atoms with van der Waals surface area (Å²) in [7, 11) is 1.37. The molecular formula is C35H42ClN5O5S. The first-order valence-electron chi connectivity index (χ1n) is 15.6. The molecule has 0 spiro atoms. The van der Waals surface area contributed by atoms with Gasteiger partial charge in [-0.2, -0.15) is 0 Å². The van der Waals surface area contributed by atoms with Crippen molar-refractivity contribution in [2.45, 2.75) is 78.7 Å². The Morgan fingerprint density at radius 1 is 1.02 bits per heavy atom. The lowest BCUT2D eigenvalue weighted by molar-refractivity contribution is -0.164. The first-order chi connectivity index (χ1) is 22.0. The summed E-state index contributed by atoms with van der Waals surface area (Å²) < 4.78 is 18.1. The molecule has 47 heavy (non-hydrogen) atoms. The summed E-state index contributed by atoms with van der Waals surface area (Å²) in [6, 6.07) is 11.3. The summed E-state index contributed by atoms with van der Waals surface area (Å²) in [6.07, 6.45) is 0.450. The van der Waals surface area contributed by atoms with Gasteiger partial charge in [0.1, 0.15) is 16.3 Å². The molecule has 3 heterocycles. The van der Waals surface area contributed by atoms with Gasteiger partial charge in [0.2, 0.25) is 5.95 Å². The number of ether oxygens (including phenoxy) is 3. The number of fused-ring (bicyclic) bond motifs is 1. The number of piperazine rings is 1. The second-order valence-electron chi connectivity index (χ2n) is 13.7. The minimum atomic E-state index is -0.965. The van der Waals surface area contributed by atoms with Crippen LogP contribution in [0, 0.1) is 6.92 Å². The zero-order chi connectivity index (χ0) is 34.3. The van der Waals surface area contributed by atoms with Crippen molar-refractivity contribution in [3.63, 3.8) is 0 Å². The first-order valence-corrected chi connectivity index (χ1v) is 16.8. The molecule has 0 aliphatic carbocycles. The van der Waals surface area contributed by atoms with Crippen LogP contribution < -0.4 is 4.90 Å². The number of halogens is 1. The SMILES string of the molecule is COC(=O)[C@@H](OC(C)(C)C)c1c(C)cc2nc(-c3ccnc(N4CCN(C(=O)OC(C)(C)C)[C@@H](C)C4)n3)sc2c1-c1ccc(Cl)cc1. The molecule has 0 saturated carbocycles.